The SMILES string of the molecule is COCCCNC(=O)C(NC(=O)c1ccc(OC)cc1)C1CCN(C(=O)c2ccccc2F)CC1. The van der Waals surface area contributed by atoms with Gasteiger partial charge in [-0.1, -0.05) is 12.1 Å². The van der Waals surface area contributed by atoms with Gasteiger partial charge in [-0.2, -0.15) is 0 Å². The summed E-state index contributed by atoms with van der Waals surface area (Å²) in [5.41, 5.74) is 0.446. The molecule has 0 spiro atoms. The lowest BCUT2D eigenvalue weighted by Gasteiger charge is -2.36. The Morgan fingerprint density at radius 1 is 1.06 bits per heavy atom. The van der Waals surface area contributed by atoms with E-state index < -0.39 is 11.9 Å². The molecule has 3 amide bonds. The van der Waals surface area contributed by atoms with Crippen molar-refractivity contribution in [3.63, 3.8) is 0 Å². The maximum atomic E-state index is 14.1. The molecule has 9 heteroatoms. The molecule has 3 rings (SSSR count). The van der Waals surface area contributed by atoms with Gasteiger partial charge in [0.05, 0.1) is 12.7 Å². The van der Waals surface area contributed by atoms with E-state index in [1.807, 2.05) is 0 Å². The molecule has 1 fully saturated rings. The first-order valence-corrected chi connectivity index (χ1v) is 11.7. The first-order valence-electron chi connectivity index (χ1n) is 11.7. The van der Waals surface area contributed by atoms with Crippen molar-refractivity contribution in [3.05, 3.63) is 65.5 Å². The van der Waals surface area contributed by atoms with E-state index in [9.17, 15) is 18.8 Å². The summed E-state index contributed by atoms with van der Waals surface area (Å²) in [6.07, 6.45) is 1.65. The third-order valence-electron chi connectivity index (χ3n) is 6.15. The number of benzene rings is 2. The molecule has 1 atom stereocenters. The van der Waals surface area contributed by atoms with Crippen LogP contribution in [0.1, 0.15) is 40.0 Å². The Hall–Kier alpha value is -3.46. The lowest BCUT2D eigenvalue weighted by Crippen LogP contribution is -2.54. The number of nitrogens with one attached hydrogen (secondary N) is 2. The van der Waals surface area contributed by atoms with Crippen LogP contribution in [-0.4, -0.2) is 69.1 Å². The van der Waals surface area contributed by atoms with Crippen molar-refractivity contribution in [2.45, 2.75) is 25.3 Å². The van der Waals surface area contributed by atoms with Gasteiger partial charge in [0.2, 0.25) is 5.91 Å². The molecule has 1 aliphatic heterocycles. The second kappa shape index (κ2) is 12.9. The molecule has 1 unspecified atom stereocenters. The van der Waals surface area contributed by atoms with E-state index >= 15 is 0 Å². The fraction of sp³-hybridized carbons (Fsp3) is 0.423. The number of piperidine rings is 1. The molecule has 1 heterocycles. The zero-order valence-electron chi connectivity index (χ0n) is 20.1. The zero-order valence-corrected chi connectivity index (χ0v) is 20.1. The van der Waals surface area contributed by atoms with Crippen LogP contribution >= 0.6 is 0 Å². The monoisotopic (exact) mass is 485 g/mol. The molecule has 0 bridgehead atoms. The highest BCUT2D eigenvalue weighted by Crippen LogP contribution is 2.24. The molecule has 0 radical (unpaired) electrons. The van der Waals surface area contributed by atoms with E-state index in [1.54, 1.807) is 55.5 Å². The van der Waals surface area contributed by atoms with E-state index in [0.717, 1.165) is 0 Å². The maximum Gasteiger partial charge on any atom is 0.256 e. The van der Waals surface area contributed by atoms with Crippen molar-refractivity contribution < 1.29 is 28.2 Å². The highest BCUT2D eigenvalue weighted by Gasteiger charge is 2.34. The van der Waals surface area contributed by atoms with Crippen LogP contribution in [0.2, 0.25) is 0 Å². The molecule has 188 valence electrons. The van der Waals surface area contributed by atoms with E-state index in [1.165, 1.54) is 12.1 Å². The summed E-state index contributed by atoms with van der Waals surface area (Å²) in [6.45, 7) is 1.67. The highest BCUT2D eigenvalue weighted by atomic mass is 19.1. The van der Waals surface area contributed by atoms with Crippen LogP contribution in [0.5, 0.6) is 5.75 Å². The largest absolute Gasteiger partial charge is 0.497 e. The fourth-order valence-corrected chi connectivity index (χ4v) is 4.14. The predicted octanol–water partition coefficient (Wildman–Crippen LogP) is 2.64. The van der Waals surface area contributed by atoms with E-state index in [2.05, 4.69) is 10.6 Å². The van der Waals surface area contributed by atoms with Gasteiger partial charge in [-0.25, -0.2) is 4.39 Å². The predicted molar refractivity (Wildman–Crippen MR) is 129 cm³/mol. The number of hydrogen-bond donors (Lipinski definition) is 2. The van der Waals surface area contributed by atoms with Crippen molar-refractivity contribution in [1.29, 1.82) is 0 Å². The summed E-state index contributed by atoms with van der Waals surface area (Å²) in [5, 5.41) is 5.75. The lowest BCUT2D eigenvalue weighted by molar-refractivity contribution is -0.124. The number of likely N-dealkylation sites (tertiary alicyclic amines) is 1. The van der Waals surface area contributed by atoms with Crippen LogP contribution < -0.4 is 15.4 Å². The Morgan fingerprint density at radius 2 is 1.74 bits per heavy atom. The number of nitrogens with zero attached hydrogens (tertiary/aromatic N) is 1. The first kappa shape index (κ1) is 26.2. The summed E-state index contributed by atoms with van der Waals surface area (Å²) >= 11 is 0. The number of halogens is 1. The minimum atomic E-state index is -0.766. The van der Waals surface area contributed by atoms with Crippen molar-refractivity contribution in [3.8, 4) is 5.75 Å². The van der Waals surface area contributed by atoms with Gasteiger partial charge in [-0.15, -0.1) is 0 Å². The van der Waals surface area contributed by atoms with E-state index in [0.29, 0.717) is 56.8 Å². The van der Waals surface area contributed by atoms with Crippen LogP contribution in [0, 0.1) is 11.7 Å². The Morgan fingerprint density at radius 3 is 2.37 bits per heavy atom. The molecule has 35 heavy (non-hydrogen) atoms. The Kier molecular flexibility index (Phi) is 9.60. The maximum absolute atomic E-state index is 14.1. The van der Waals surface area contributed by atoms with Gasteiger partial charge in [0.15, 0.2) is 0 Å². The van der Waals surface area contributed by atoms with Crippen LogP contribution in [0.15, 0.2) is 48.5 Å². The molecule has 2 N–H and O–H groups in total. The Bertz CT molecular complexity index is 1010. The number of rotatable bonds is 10. The van der Waals surface area contributed by atoms with E-state index in [4.69, 9.17) is 9.47 Å². The standard InChI is InChI=1S/C26H32FN3O5/c1-34-17-5-14-28-25(32)23(29-24(31)19-8-10-20(35-2)11-9-19)18-12-15-30(16-13-18)26(33)21-6-3-4-7-22(21)27/h3-4,6-11,18,23H,5,12-17H2,1-2H3,(H,28,32)(H,29,31). The average molecular weight is 486 g/mol. The van der Waals surface area contributed by atoms with Gasteiger partial charge < -0.3 is 25.0 Å². The molecule has 2 aromatic carbocycles. The molecule has 0 saturated carbocycles. The number of carbonyl (C=O) groups is 3. The Balaban J connectivity index is 1.67. The molecule has 0 aromatic heterocycles. The lowest BCUT2D eigenvalue weighted by atomic mass is 9.88. The topological polar surface area (TPSA) is 97.0 Å². The van der Waals surface area contributed by atoms with Gasteiger partial charge in [0.1, 0.15) is 17.6 Å². The summed E-state index contributed by atoms with van der Waals surface area (Å²) in [4.78, 5) is 40.3. The minimum Gasteiger partial charge on any atom is -0.497 e. The molecular weight excluding hydrogens is 453 g/mol. The zero-order chi connectivity index (χ0) is 25.2. The van der Waals surface area contributed by atoms with Crippen molar-refractivity contribution in [2.24, 2.45) is 5.92 Å². The van der Waals surface area contributed by atoms with Gasteiger partial charge in [0, 0.05) is 38.9 Å². The van der Waals surface area contributed by atoms with E-state index in [-0.39, 0.29) is 29.2 Å². The number of hydrogen-bond acceptors (Lipinski definition) is 5. The third-order valence-corrected chi connectivity index (χ3v) is 6.15. The molecule has 2 aromatic rings. The fourth-order valence-electron chi connectivity index (χ4n) is 4.14. The van der Waals surface area contributed by atoms with Crippen LogP contribution in [0.4, 0.5) is 4.39 Å². The quantitative estimate of drug-likeness (QED) is 0.505. The summed E-state index contributed by atoms with van der Waals surface area (Å²) in [7, 11) is 3.14. The molecule has 1 aliphatic rings. The number of ether oxygens (including phenoxy) is 2. The van der Waals surface area contributed by atoms with Crippen LogP contribution in [0.3, 0.4) is 0 Å². The number of carbonyl (C=O) groups excluding carboxylic acids is 3. The molecule has 0 aliphatic carbocycles. The van der Waals surface area contributed by atoms with Crippen molar-refractivity contribution in [2.75, 3.05) is 40.5 Å². The summed E-state index contributed by atoms with van der Waals surface area (Å²) in [5.74, 6) is -1.12. The molecular formula is C26H32FN3O5. The summed E-state index contributed by atoms with van der Waals surface area (Å²) < 4.78 is 24.2. The third kappa shape index (κ3) is 7.02. The Labute approximate surface area is 204 Å². The van der Waals surface area contributed by atoms with Crippen molar-refractivity contribution in [1.82, 2.24) is 15.5 Å². The minimum absolute atomic E-state index is 0.0335. The highest BCUT2D eigenvalue weighted by molar-refractivity contribution is 5.98. The summed E-state index contributed by atoms with van der Waals surface area (Å²) in [6, 6.07) is 11.8. The van der Waals surface area contributed by atoms with Gasteiger partial charge in [-0.3, -0.25) is 14.4 Å². The second-order valence-electron chi connectivity index (χ2n) is 8.43. The normalized spacial score (nSPS) is 14.8. The van der Waals surface area contributed by atoms with Gasteiger partial charge in [0.25, 0.3) is 11.8 Å². The average Bonchev–Trinajstić information content (AvgIpc) is 2.89. The smallest absolute Gasteiger partial charge is 0.256 e. The van der Waals surface area contributed by atoms with Crippen LogP contribution in [0.25, 0.3) is 0 Å². The van der Waals surface area contributed by atoms with Gasteiger partial charge >= 0.3 is 0 Å². The second-order valence-corrected chi connectivity index (χ2v) is 8.43. The van der Waals surface area contributed by atoms with Crippen molar-refractivity contribution >= 4 is 17.7 Å². The van der Waals surface area contributed by atoms with Gasteiger partial charge in [-0.05, 0) is 61.6 Å². The molecule has 1 saturated heterocycles. The molecule has 8 nitrogen and oxygen atoms in total. The first-order chi connectivity index (χ1) is 16.9. The van der Waals surface area contributed by atoms with Crippen LogP contribution in [-0.2, 0) is 9.53 Å². The number of amides is 3. The number of methoxy groups -OCH3 is 2.